The number of halogens is 1. The van der Waals surface area contributed by atoms with Crippen molar-refractivity contribution in [2.75, 3.05) is 31.2 Å². The summed E-state index contributed by atoms with van der Waals surface area (Å²) in [6, 6.07) is 0.487. The van der Waals surface area contributed by atoms with E-state index in [4.69, 9.17) is 9.73 Å². The molecule has 0 spiro atoms. The highest BCUT2D eigenvalue weighted by Crippen LogP contribution is 2.25. The lowest BCUT2D eigenvalue weighted by molar-refractivity contribution is 0.0283. The molecule has 2 heterocycles. The van der Waals surface area contributed by atoms with Crippen LogP contribution in [0.4, 0.5) is 0 Å². The van der Waals surface area contributed by atoms with Crippen molar-refractivity contribution in [2.45, 2.75) is 63.5 Å². The van der Waals surface area contributed by atoms with E-state index in [-0.39, 0.29) is 35.5 Å². The minimum atomic E-state index is -2.82. The third-order valence-electron chi connectivity index (χ3n) is 5.45. The first-order chi connectivity index (χ1) is 11.4. The molecule has 0 aromatic heterocycles. The lowest BCUT2D eigenvalue weighted by atomic mass is 10.0. The molecule has 2 unspecified atom stereocenters. The molecule has 1 saturated carbocycles. The molecule has 8 heteroatoms. The lowest BCUT2D eigenvalue weighted by Crippen LogP contribution is -2.45. The van der Waals surface area contributed by atoms with Gasteiger partial charge in [-0.05, 0) is 44.9 Å². The van der Waals surface area contributed by atoms with E-state index in [9.17, 15) is 8.42 Å². The number of aliphatic imine (C=N–C) groups is 1. The number of nitrogens with one attached hydrogen (secondary N) is 2. The number of hydrogen-bond donors (Lipinski definition) is 2. The van der Waals surface area contributed by atoms with Gasteiger partial charge >= 0.3 is 0 Å². The normalized spacial score (nSPS) is 32.5. The Morgan fingerprint density at radius 3 is 2.60 bits per heavy atom. The van der Waals surface area contributed by atoms with Crippen LogP contribution in [0.15, 0.2) is 4.99 Å². The average molecular weight is 485 g/mol. The van der Waals surface area contributed by atoms with E-state index < -0.39 is 9.84 Å². The first kappa shape index (κ1) is 21.2. The monoisotopic (exact) mass is 485 g/mol. The lowest BCUT2D eigenvalue weighted by Gasteiger charge is -2.23. The molecule has 25 heavy (non-hydrogen) atoms. The predicted molar refractivity (Wildman–Crippen MR) is 111 cm³/mol. The van der Waals surface area contributed by atoms with E-state index in [2.05, 4.69) is 17.6 Å². The molecule has 3 aliphatic rings. The maximum absolute atomic E-state index is 11.6. The van der Waals surface area contributed by atoms with Crippen molar-refractivity contribution in [1.29, 1.82) is 0 Å². The molecule has 0 amide bonds. The topological polar surface area (TPSA) is 79.8 Å². The number of sulfone groups is 1. The van der Waals surface area contributed by atoms with Crippen molar-refractivity contribution in [3.05, 3.63) is 0 Å². The van der Waals surface area contributed by atoms with E-state index in [1.54, 1.807) is 0 Å². The van der Waals surface area contributed by atoms with Gasteiger partial charge in [0, 0.05) is 19.2 Å². The second-order valence-corrected chi connectivity index (χ2v) is 10.1. The standard InChI is InChI=1S/C17H31N3O3S.HI/c1-17(8-4-9-23-17)13-19-16(20-15-5-2-3-6-15)18-11-14-7-10-24(21,22)12-14;/h14-15H,2-13H2,1H3,(H2,18,19,20);1H. The van der Waals surface area contributed by atoms with Crippen molar-refractivity contribution in [2.24, 2.45) is 10.9 Å². The van der Waals surface area contributed by atoms with Gasteiger partial charge in [0.15, 0.2) is 15.8 Å². The van der Waals surface area contributed by atoms with E-state index in [1.165, 1.54) is 25.7 Å². The van der Waals surface area contributed by atoms with Crippen molar-refractivity contribution in [1.82, 2.24) is 10.6 Å². The van der Waals surface area contributed by atoms with E-state index in [0.717, 1.165) is 31.8 Å². The summed E-state index contributed by atoms with van der Waals surface area (Å²) < 4.78 is 29.1. The second-order valence-electron chi connectivity index (χ2n) is 7.84. The summed E-state index contributed by atoms with van der Waals surface area (Å²) in [6.45, 7) is 4.28. The minimum absolute atomic E-state index is 0. The largest absolute Gasteiger partial charge is 0.373 e. The zero-order chi connectivity index (χ0) is 17.0. The SMILES string of the molecule is CC1(CN=C(NCC2CCS(=O)(=O)C2)NC2CCCC2)CCCO1.I. The molecule has 0 aromatic carbocycles. The summed E-state index contributed by atoms with van der Waals surface area (Å²) in [5.41, 5.74) is -0.152. The van der Waals surface area contributed by atoms with E-state index in [1.807, 2.05) is 0 Å². The Hall–Kier alpha value is -0.0900. The van der Waals surface area contributed by atoms with Crippen molar-refractivity contribution in [3.8, 4) is 0 Å². The summed E-state index contributed by atoms with van der Waals surface area (Å²) in [5, 5.41) is 6.92. The molecule has 2 saturated heterocycles. The van der Waals surface area contributed by atoms with Crippen LogP contribution < -0.4 is 10.6 Å². The van der Waals surface area contributed by atoms with E-state index in [0.29, 0.717) is 30.6 Å². The van der Waals surface area contributed by atoms with Crippen LogP contribution in [0.2, 0.25) is 0 Å². The van der Waals surface area contributed by atoms with Crippen LogP contribution in [-0.2, 0) is 14.6 Å². The molecule has 2 N–H and O–H groups in total. The predicted octanol–water partition coefficient (Wildman–Crippen LogP) is 2.09. The molecular weight excluding hydrogens is 453 g/mol. The van der Waals surface area contributed by atoms with Gasteiger partial charge in [-0.15, -0.1) is 24.0 Å². The van der Waals surface area contributed by atoms with Gasteiger partial charge in [0.2, 0.25) is 0 Å². The number of guanidine groups is 1. The quantitative estimate of drug-likeness (QED) is 0.354. The number of rotatable bonds is 5. The highest BCUT2D eigenvalue weighted by atomic mass is 127. The van der Waals surface area contributed by atoms with Crippen LogP contribution in [-0.4, -0.2) is 57.2 Å². The summed E-state index contributed by atoms with van der Waals surface area (Å²) in [6.07, 6.45) is 7.82. The average Bonchev–Trinajstić information content (AvgIpc) is 3.25. The van der Waals surface area contributed by atoms with Gasteiger partial charge in [-0.1, -0.05) is 12.8 Å². The van der Waals surface area contributed by atoms with Crippen molar-refractivity contribution in [3.63, 3.8) is 0 Å². The van der Waals surface area contributed by atoms with Crippen LogP contribution in [0.25, 0.3) is 0 Å². The highest BCUT2D eigenvalue weighted by molar-refractivity contribution is 14.0. The van der Waals surface area contributed by atoms with Gasteiger partial charge in [0.1, 0.15) is 0 Å². The Kier molecular flexibility index (Phi) is 7.82. The fraction of sp³-hybridized carbons (Fsp3) is 0.941. The molecule has 1 aliphatic carbocycles. The number of nitrogens with zero attached hydrogens (tertiary/aromatic N) is 1. The summed E-state index contributed by atoms with van der Waals surface area (Å²) in [7, 11) is -2.82. The zero-order valence-corrected chi connectivity index (χ0v) is 18.3. The Morgan fingerprint density at radius 2 is 2.00 bits per heavy atom. The molecule has 146 valence electrons. The molecule has 6 nitrogen and oxygen atoms in total. The van der Waals surface area contributed by atoms with Gasteiger partial charge in [0.25, 0.3) is 0 Å². The number of hydrogen-bond acceptors (Lipinski definition) is 4. The van der Waals surface area contributed by atoms with Gasteiger partial charge in [-0.25, -0.2) is 8.42 Å². The number of ether oxygens (including phenoxy) is 1. The Labute approximate surface area is 168 Å². The summed E-state index contributed by atoms with van der Waals surface area (Å²) in [5.74, 6) is 1.65. The van der Waals surface area contributed by atoms with Crippen LogP contribution in [0.1, 0.15) is 51.9 Å². The van der Waals surface area contributed by atoms with Gasteiger partial charge < -0.3 is 15.4 Å². The van der Waals surface area contributed by atoms with E-state index >= 15 is 0 Å². The van der Waals surface area contributed by atoms with Gasteiger partial charge in [0.05, 0.1) is 23.7 Å². The Bertz CT molecular complexity index is 555. The maximum atomic E-state index is 11.6. The molecular formula is C17H32IN3O3S. The fourth-order valence-electron chi connectivity index (χ4n) is 3.90. The molecule has 0 radical (unpaired) electrons. The van der Waals surface area contributed by atoms with Crippen molar-refractivity contribution >= 4 is 39.8 Å². The highest BCUT2D eigenvalue weighted by Gasteiger charge is 2.30. The summed E-state index contributed by atoms with van der Waals surface area (Å²) >= 11 is 0. The summed E-state index contributed by atoms with van der Waals surface area (Å²) in [4.78, 5) is 4.76. The van der Waals surface area contributed by atoms with Crippen LogP contribution in [0.3, 0.4) is 0 Å². The van der Waals surface area contributed by atoms with Crippen LogP contribution >= 0.6 is 24.0 Å². The molecule has 3 rings (SSSR count). The van der Waals surface area contributed by atoms with Crippen LogP contribution in [0, 0.1) is 5.92 Å². The van der Waals surface area contributed by atoms with Crippen LogP contribution in [0.5, 0.6) is 0 Å². The van der Waals surface area contributed by atoms with Gasteiger partial charge in [-0.2, -0.15) is 0 Å². The first-order valence-corrected chi connectivity index (χ1v) is 11.2. The second kappa shape index (κ2) is 9.21. The minimum Gasteiger partial charge on any atom is -0.373 e. The third-order valence-corrected chi connectivity index (χ3v) is 7.29. The Morgan fingerprint density at radius 1 is 1.24 bits per heavy atom. The smallest absolute Gasteiger partial charge is 0.191 e. The maximum Gasteiger partial charge on any atom is 0.191 e. The fourth-order valence-corrected chi connectivity index (χ4v) is 5.76. The molecule has 0 bridgehead atoms. The third kappa shape index (κ3) is 6.53. The molecule has 0 aromatic rings. The Balaban J connectivity index is 0.00000225. The molecule has 2 atom stereocenters. The van der Waals surface area contributed by atoms with Gasteiger partial charge in [-0.3, -0.25) is 4.99 Å². The van der Waals surface area contributed by atoms with Crippen molar-refractivity contribution < 1.29 is 13.2 Å². The first-order valence-electron chi connectivity index (χ1n) is 9.33. The zero-order valence-electron chi connectivity index (χ0n) is 15.1. The molecule has 2 aliphatic heterocycles. The molecule has 3 fully saturated rings.